The molecule has 0 amide bonds. The van der Waals surface area contributed by atoms with E-state index >= 15 is 0 Å². The molecule has 1 aliphatic rings. The van der Waals surface area contributed by atoms with E-state index in [4.69, 9.17) is 0 Å². The van der Waals surface area contributed by atoms with Crippen LogP contribution in [0, 0.1) is 5.92 Å². The van der Waals surface area contributed by atoms with Crippen LogP contribution in [0.3, 0.4) is 0 Å². The third-order valence-corrected chi connectivity index (χ3v) is 3.96. The molecular weight excluding hydrogens is 192 g/mol. The van der Waals surface area contributed by atoms with Gasteiger partial charge in [0.15, 0.2) is 5.13 Å². The quantitative estimate of drug-likeness (QED) is 0.824. The zero-order chi connectivity index (χ0) is 9.80. The first kappa shape index (κ1) is 9.97. The van der Waals surface area contributed by atoms with Gasteiger partial charge in [-0.2, -0.15) is 0 Å². The number of rotatable bonds is 4. The highest BCUT2D eigenvalue weighted by Crippen LogP contribution is 2.29. The lowest BCUT2D eigenvalue weighted by Gasteiger charge is -2.05. The number of anilines is 1. The monoisotopic (exact) mass is 210 g/mol. The number of aryl methyl sites for hydroxylation is 1. The van der Waals surface area contributed by atoms with Crippen molar-refractivity contribution in [1.82, 2.24) is 4.98 Å². The Morgan fingerprint density at radius 1 is 1.50 bits per heavy atom. The zero-order valence-corrected chi connectivity index (χ0v) is 9.57. The number of hydrogen-bond acceptors (Lipinski definition) is 3. The van der Waals surface area contributed by atoms with Crippen LogP contribution in [0.2, 0.25) is 0 Å². The lowest BCUT2D eigenvalue weighted by molar-refractivity contribution is 0.501. The fourth-order valence-electron chi connectivity index (χ4n) is 2.19. The Hall–Kier alpha value is -0.570. The van der Waals surface area contributed by atoms with Crippen molar-refractivity contribution in [3.05, 3.63) is 11.1 Å². The molecule has 0 aromatic carbocycles. The molecule has 0 bridgehead atoms. The highest BCUT2D eigenvalue weighted by Gasteiger charge is 2.15. The van der Waals surface area contributed by atoms with Crippen molar-refractivity contribution in [2.45, 2.75) is 38.5 Å². The van der Waals surface area contributed by atoms with Crippen LogP contribution in [0.1, 0.15) is 37.8 Å². The van der Waals surface area contributed by atoms with Crippen LogP contribution < -0.4 is 5.32 Å². The maximum Gasteiger partial charge on any atom is 0.182 e. The van der Waals surface area contributed by atoms with Crippen molar-refractivity contribution in [2.75, 3.05) is 12.4 Å². The molecule has 2 rings (SSSR count). The molecule has 1 saturated carbocycles. The van der Waals surface area contributed by atoms with Crippen molar-refractivity contribution in [3.63, 3.8) is 0 Å². The molecule has 1 aromatic rings. The number of nitrogens with zero attached hydrogens (tertiary/aromatic N) is 1. The van der Waals surface area contributed by atoms with E-state index in [1.165, 1.54) is 44.2 Å². The summed E-state index contributed by atoms with van der Waals surface area (Å²) in [6.07, 6.45) is 8.30. The Kier molecular flexibility index (Phi) is 3.40. The molecule has 1 N–H and O–H groups in total. The topological polar surface area (TPSA) is 24.9 Å². The van der Waals surface area contributed by atoms with E-state index < -0.39 is 0 Å². The van der Waals surface area contributed by atoms with Crippen LogP contribution in [0.25, 0.3) is 0 Å². The van der Waals surface area contributed by atoms with E-state index in [0.29, 0.717) is 0 Å². The Bertz CT molecular complexity index is 277. The third kappa shape index (κ3) is 2.47. The van der Waals surface area contributed by atoms with E-state index in [2.05, 4.69) is 15.7 Å². The van der Waals surface area contributed by atoms with Gasteiger partial charge in [-0.1, -0.05) is 25.7 Å². The van der Waals surface area contributed by atoms with Crippen molar-refractivity contribution < 1.29 is 0 Å². The molecule has 0 radical (unpaired) electrons. The van der Waals surface area contributed by atoms with E-state index in [0.717, 1.165) is 11.0 Å². The summed E-state index contributed by atoms with van der Waals surface area (Å²) < 4.78 is 0. The summed E-state index contributed by atoms with van der Waals surface area (Å²) in [5, 5.41) is 6.31. The van der Waals surface area contributed by atoms with Crippen molar-refractivity contribution >= 4 is 16.5 Å². The van der Waals surface area contributed by atoms with Crippen LogP contribution in [0.15, 0.2) is 5.38 Å². The molecule has 0 spiro atoms. The van der Waals surface area contributed by atoms with Crippen molar-refractivity contribution in [1.29, 1.82) is 0 Å². The molecule has 0 unspecified atom stereocenters. The molecule has 78 valence electrons. The molecule has 3 heteroatoms. The summed E-state index contributed by atoms with van der Waals surface area (Å²) in [5.74, 6) is 0.981. The standard InChI is InChI=1S/C11H18N2S/c1-12-11-13-10(8-14-11)7-6-9-4-2-3-5-9/h8-9H,2-7H2,1H3,(H,12,13). The average Bonchev–Trinajstić information content (AvgIpc) is 2.86. The highest BCUT2D eigenvalue weighted by molar-refractivity contribution is 7.13. The van der Waals surface area contributed by atoms with Gasteiger partial charge in [-0.3, -0.25) is 0 Å². The summed E-state index contributed by atoms with van der Waals surface area (Å²) in [6, 6.07) is 0. The van der Waals surface area contributed by atoms with Crippen LogP contribution in [-0.4, -0.2) is 12.0 Å². The molecule has 14 heavy (non-hydrogen) atoms. The summed E-state index contributed by atoms with van der Waals surface area (Å²) in [5.41, 5.74) is 1.27. The molecule has 1 aromatic heterocycles. The predicted octanol–water partition coefficient (Wildman–Crippen LogP) is 3.31. The van der Waals surface area contributed by atoms with Gasteiger partial charge in [0.05, 0.1) is 5.69 Å². The fraction of sp³-hybridized carbons (Fsp3) is 0.727. The van der Waals surface area contributed by atoms with Crippen LogP contribution in [0.4, 0.5) is 5.13 Å². The first-order chi connectivity index (χ1) is 6.88. The van der Waals surface area contributed by atoms with Crippen molar-refractivity contribution in [2.24, 2.45) is 5.92 Å². The number of nitrogens with one attached hydrogen (secondary N) is 1. The first-order valence-corrected chi connectivity index (χ1v) is 6.38. The van der Waals surface area contributed by atoms with Gasteiger partial charge < -0.3 is 5.32 Å². The van der Waals surface area contributed by atoms with E-state index in [1.807, 2.05) is 7.05 Å². The van der Waals surface area contributed by atoms with Gasteiger partial charge in [-0.25, -0.2) is 4.98 Å². The molecule has 1 heterocycles. The molecule has 2 nitrogen and oxygen atoms in total. The molecule has 1 aliphatic carbocycles. The van der Waals surface area contributed by atoms with Crippen LogP contribution in [-0.2, 0) is 6.42 Å². The van der Waals surface area contributed by atoms with Gasteiger partial charge in [-0.05, 0) is 18.8 Å². The number of aromatic nitrogens is 1. The fourth-order valence-corrected chi connectivity index (χ4v) is 2.89. The van der Waals surface area contributed by atoms with Gasteiger partial charge in [-0.15, -0.1) is 11.3 Å². The number of hydrogen-bond donors (Lipinski definition) is 1. The van der Waals surface area contributed by atoms with Crippen LogP contribution in [0.5, 0.6) is 0 Å². The SMILES string of the molecule is CNc1nc(CCC2CCCC2)cs1. The third-order valence-electron chi connectivity index (χ3n) is 3.05. The minimum absolute atomic E-state index is 0.981. The van der Waals surface area contributed by atoms with E-state index in [-0.39, 0.29) is 0 Å². The molecule has 1 fully saturated rings. The minimum atomic E-state index is 0.981. The summed E-state index contributed by atoms with van der Waals surface area (Å²) >= 11 is 1.71. The van der Waals surface area contributed by atoms with Gasteiger partial charge in [0.2, 0.25) is 0 Å². The first-order valence-electron chi connectivity index (χ1n) is 5.50. The Morgan fingerprint density at radius 3 is 2.93 bits per heavy atom. The second kappa shape index (κ2) is 4.78. The van der Waals surface area contributed by atoms with Gasteiger partial charge in [0.1, 0.15) is 0 Å². The highest BCUT2D eigenvalue weighted by atomic mass is 32.1. The second-order valence-electron chi connectivity index (χ2n) is 4.08. The zero-order valence-electron chi connectivity index (χ0n) is 8.75. The maximum absolute atomic E-state index is 4.50. The van der Waals surface area contributed by atoms with E-state index in [9.17, 15) is 0 Å². The Balaban J connectivity index is 1.79. The van der Waals surface area contributed by atoms with Crippen LogP contribution >= 0.6 is 11.3 Å². The normalized spacial score (nSPS) is 17.5. The predicted molar refractivity (Wildman–Crippen MR) is 61.9 cm³/mol. The smallest absolute Gasteiger partial charge is 0.182 e. The second-order valence-corrected chi connectivity index (χ2v) is 4.94. The summed E-state index contributed by atoms with van der Waals surface area (Å²) in [4.78, 5) is 4.50. The maximum atomic E-state index is 4.50. The minimum Gasteiger partial charge on any atom is -0.365 e. The molecule has 0 aliphatic heterocycles. The van der Waals surface area contributed by atoms with Gasteiger partial charge in [0.25, 0.3) is 0 Å². The number of thiazole rings is 1. The van der Waals surface area contributed by atoms with Crippen molar-refractivity contribution in [3.8, 4) is 0 Å². The summed E-state index contributed by atoms with van der Waals surface area (Å²) in [6.45, 7) is 0. The van der Waals surface area contributed by atoms with Gasteiger partial charge >= 0.3 is 0 Å². The lowest BCUT2D eigenvalue weighted by Crippen LogP contribution is -1.96. The molecule has 0 saturated heterocycles. The lowest BCUT2D eigenvalue weighted by atomic mass is 10.0. The average molecular weight is 210 g/mol. The van der Waals surface area contributed by atoms with Gasteiger partial charge in [0, 0.05) is 12.4 Å². The molecule has 0 atom stereocenters. The summed E-state index contributed by atoms with van der Waals surface area (Å²) in [7, 11) is 1.93. The Morgan fingerprint density at radius 2 is 2.29 bits per heavy atom. The van der Waals surface area contributed by atoms with E-state index in [1.54, 1.807) is 11.3 Å². The Labute approximate surface area is 89.8 Å². The largest absolute Gasteiger partial charge is 0.365 e. The molecular formula is C11H18N2S.